The lowest BCUT2D eigenvalue weighted by Crippen LogP contribution is -2.15. The number of ether oxygens (including phenoxy) is 3. The van der Waals surface area contributed by atoms with Crippen molar-refractivity contribution < 1.29 is 14.2 Å². The number of benzene rings is 1. The Hall–Kier alpha value is -1.17. The van der Waals surface area contributed by atoms with Gasteiger partial charge >= 0.3 is 0 Å². The van der Waals surface area contributed by atoms with E-state index >= 15 is 0 Å². The van der Waals surface area contributed by atoms with Gasteiger partial charge in [0, 0.05) is 18.2 Å². The molecule has 0 radical (unpaired) electrons. The van der Waals surface area contributed by atoms with E-state index in [2.05, 4.69) is 0 Å². The van der Waals surface area contributed by atoms with Crippen LogP contribution in [-0.2, 0) is 0 Å². The largest absolute Gasteiger partial charge is 0.496 e. The molecule has 5 nitrogen and oxygen atoms in total. The first-order valence-corrected chi connectivity index (χ1v) is 5.93. The molecule has 0 unspecified atom stereocenters. The lowest BCUT2D eigenvalue weighted by Gasteiger charge is -2.19. The van der Waals surface area contributed by atoms with E-state index in [1.54, 1.807) is 33.5 Å². The highest BCUT2D eigenvalue weighted by Gasteiger charge is 2.19. The highest BCUT2D eigenvalue weighted by Crippen LogP contribution is 2.38. The van der Waals surface area contributed by atoms with Crippen LogP contribution in [0.2, 0.25) is 0 Å². The summed E-state index contributed by atoms with van der Waals surface area (Å²) in [5.74, 6) is 2.03. The highest BCUT2D eigenvalue weighted by atomic mass is 35.5. The first-order chi connectivity index (χ1) is 8.67. The summed E-state index contributed by atoms with van der Waals surface area (Å²) < 4.78 is 15.9. The van der Waals surface area contributed by atoms with Crippen LogP contribution in [0.4, 0.5) is 0 Å². The van der Waals surface area contributed by atoms with E-state index in [1.165, 1.54) is 0 Å². The van der Waals surface area contributed by atoms with Crippen molar-refractivity contribution in [2.24, 2.45) is 11.5 Å². The number of hydrogen-bond acceptors (Lipinski definition) is 5. The Labute approximate surface area is 120 Å². The van der Waals surface area contributed by atoms with Crippen LogP contribution in [0.1, 0.15) is 24.4 Å². The maximum atomic E-state index is 6.17. The predicted molar refractivity (Wildman–Crippen MR) is 78.6 cm³/mol. The van der Waals surface area contributed by atoms with Gasteiger partial charge in [0.05, 0.1) is 26.9 Å². The molecule has 0 saturated heterocycles. The Morgan fingerprint density at radius 3 is 1.95 bits per heavy atom. The average Bonchev–Trinajstić information content (AvgIpc) is 2.42. The molecule has 0 aliphatic carbocycles. The van der Waals surface area contributed by atoms with Crippen molar-refractivity contribution in [2.45, 2.75) is 18.9 Å². The molecule has 0 aliphatic heterocycles. The van der Waals surface area contributed by atoms with E-state index in [0.29, 0.717) is 23.8 Å². The van der Waals surface area contributed by atoms with Crippen molar-refractivity contribution in [1.82, 2.24) is 0 Å². The molecule has 1 aromatic rings. The quantitative estimate of drug-likeness (QED) is 0.801. The molecular weight excluding hydrogens is 268 g/mol. The van der Waals surface area contributed by atoms with E-state index in [9.17, 15) is 0 Å². The minimum Gasteiger partial charge on any atom is -0.496 e. The first kappa shape index (κ1) is 17.8. The van der Waals surface area contributed by atoms with Crippen molar-refractivity contribution in [3.8, 4) is 17.2 Å². The second-order valence-corrected chi connectivity index (χ2v) is 3.98. The van der Waals surface area contributed by atoms with Crippen molar-refractivity contribution in [2.75, 3.05) is 27.9 Å². The average molecular weight is 291 g/mol. The monoisotopic (exact) mass is 290 g/mol. The molecule has 6 heteroatoms. The summed E-state index contributed by atoms with van der Waals surface area (Å²) in [4.78, 5) is 0. The second-order valence-electron chi connectivity index (χ2n) is 3.98. The Kier molecular flexibility index (Phi) is 8.30. The van der Waals surface area contributed by atoms with Crippen molar-refractivity contribution in [3.05, 3.63) is 17.7 Å². The molecular formula is C13H23ClN2O3. The Morgan fingerprint density at radius 2 is 1.58 bits per heavy atom. The Balaban J connectivity index is 0.00000324. The Morgan fingerprint density at radius 1 is 1.05 bits per heavy atom. The van der Waals surface area contributed by atoms with Gasteiger partial charge in [-0.1, -0.05) is 0 Å². The molecule has 1 aromatic carbocycles. The summed E-state index contributed by atoms with van der Waals surface area (Å²) in [5.41, 5.74) is 12.5. The van der Waals surface area contributed by atoms with Crippen LogP contribution >= 0.6 is 12.4 Å². The number of nitrogens with two attached hydrogens (primary N) is 2. The van der Waals surface area contributed by atoms with E-state index in [4.69, 9.17) is 25.7 Å². The maximum Gasteiger partial charge on any atom is 0.131 e. The number of methoxy groups -OCH3 is 3. The molecule has 4 N–H and O–H groups in total. The second kappa shape index (κ2) is 8.85. The van der Waals surface area contributed by atoms with E-state index < -0.39 is 0 Å². The molecule has 0 aromatic heterocycles. The van der Waals surface area contributed by atoms with Gasteiger partial charge in [-0.15, -0.1) is 12.4 Å². The molecule has 0 fully saturated rings. The molecule has 110 valence electrons. The van der Waals surface area contributed by atoms with Crippen LogP contribution in [0.5, 0.6) is 17.2 Å². The van der Waals surface area contributed by atoms with Crippen LogP contribution in [0, 0.1) is 0 Å². The number of hydrogen-bond donors (Lipinski definition) is 2. The molecule has 0 spiro atoms. The van der Waals surface area contributed by atoms with Crippen LogP contribution in [0.25, 0.3) is 0 Å². The van der Waals surface area contributed by atoms with Gasteiger partial charge < -0.3 is 25.7 Å². The van der Waals surface area contributed by atoms with Crippen LogP contribution in [-0.4, -0.2) is 27.9 Å². The Bertz CT molecular complexity index is 363. The summed E-state index contributed by atoms with van der Waals surface area (Å²) in [7, 11) is 4.81. The highest BCUT2D eigenvalue weighted by molar-refractivity contribution is 5.85. The topological polar surface area (TPSA) is 79.7 Å². The van der Waals surface area contributed by atoms with Gasteiger partial charge in [0.2, 0.25) is 0 Å². The summed E-state index contributed by atoms with van der Waals surface area (Å²) in [5, 5.41) is 0. The summed E-state index contributed by atoms with van der Waals surface area (Å²) in [6, 6.07) is 3.45. The summed E-state index contributed by atoms with van der Waals surface area (Å²) >= 11 is 0. The molecule has 1 rings (SSSR count). The van der Waals surface area contributed by atoms with Crippen LogP contribution < -0.4 is 25.7 Å². The summed E-state index contributed by atoms with van der Waals surface area (Å²) in [6.07, 6.45) is 1.65. The van der Waals surface area contributed by atoms with Gasteiger partial charge in [0.1, 0.15) is 17.2 Å². The number of halogens is 1. The third-order valence-electron chi connectivity index (χ3n) is 2.84. The van der Waals surface area contributed by atoms with E-state index in [0.717, 1.165) is 18.4 Å². The SMILES string of the molecule is COc1cc(OC)c([C@@H](N)CCCN)c(OC)c1.Cl. The zero-order chi connectivity index (χ0) is 13.5. The lowest BCUT2D eigenvalue weighted by atomic mass is 10.0. The molecule has 0 aliphatic rings. The standard InChI is InChI=1S/C13H22N2O3.ClH/c1-16-9-7-11(17-2)13(12(8-9)18-3)10(15)5-4-6-14;/h7-8,10H,4-6,14-15H2,1-3H3;1H/t10-;/m0./s1. The summed E-state index contributed by atoms with van der Waals surface area (Å²) in [6.45, 7) is 0.620. The molecule has 0 saturated carbocycles. The van der Waals surface area contributed by atoms with E-state index in [1.807, 2.05) is 0 Å². The van der Waals surface area contributed by atoms with Crippen molar-refractivity contribution >= 4 is 12.4 Å². The molecule has 0 bridgehead atoms. The fourth-order valence-electron chi connectivity index (χ4n) is 1.88. The van der Waals surface area contributed by atoms with Crippen LogP contribution in [0.3, 0.4) is 0 Å². The van der Waals surface area contributed by atoms with Gasteiger partial charge in [0.25, 0.3) is 0 Å². The van der Waals surface area contributed by atoms with Gasteiger partial charge in [-0.3, -0.25) is 0 Å². The smallest absolute Gasteiger partial charge is 0.131 e. The lowest BCUT2D eigenvalue weighted by molar-refractivity contribution is 0.362. The first-order valence-electron chi connectivity index (χ1n) is 5.93. The third-order valence-corrected chi connectivity index (χ3v) is 2.84. The van der Waals surface area contributed by atoms with Crippen LogP contribution in [0.15, 0.2) is 12.1 Å². The predicted octanol–water partition coefficient (Wildman–Crippen LogP) is 1.87. The molecule has 19 heavy (non-hydrogen) atoms. The molecule has 0 heterocycles. The minimum atomic E-state index is -0.163. The van der Waals surface area contributed by atoms with Crippen molar-refractivity contribution in [1.29, 1.82) is 0 Å². The zero-order valence-electron chi connectivity index (χ0n) is 11.6. The van der Waals surface area contributed by atoms with Gasteiger partial charge in [-0.2, -0.15) is 0 Å². The molecule has 1 atom stereocenters. The zero-order valence-corrected chi connectivity index (χ0v) is 12.5. The molecule has 0 amide bonds. The number of rotatable bonds is 7. The fraction of sp³-hybridized carbons (Fsp3) is 0.538. The van der Waals surface area contributed by atoms with Gasteiger partial charge in [-0.05, 0) is 19.4 Å². The van der Waals surface area contributed by atoms with Gasteiger partial charge in [0.15, 0.2) is 0 Å². The fourth-order valence-corrected chi connectivity index (χ4v) is 1.88. The normalized spacial score (nSPS) is 11.4. The maximum absolute atomic E-state index is 6.17. The van der Waals surface area contributed by atoms with Gasteiger partial charge in [-0.25, -0.2) is 0 Å². The van der Waals surface area contributed by atoms with E-state index in [-0.39, 0.29) is 18.4 Å². The van der Waals surface area contributed by atoms with Crippen molar-refractivity contribution in [3.63, 3.8) is 0 Å². The minimum absolute atomic E-state index is 0. The third kappa shape index (κ3) is 4.45.